The molecular formula is C84H93N3O18. The zero-order valence-corrected chi connectivity index (χ0v) is 60.8. The van der Waals surface area contributed by atoms with Gasteiger partial charge in [0.2, 0.25) is 0 Å². The first kappa shape index (κ1) is 80.8. The summed E-state index contributed by atoms with van der Waals surface area (Å²) in [5, 5.41) is 27.1. The number of carboxylic acid groups (broad SMARTS) is 3. The summed E-state index contributed by atoms with van der Waals surface area (Å²) in [6, 6.07) is 64.6. The summed E-state index contributed by atoms with van der Waals surface area (Å²) in [4.78, 5) is 76.8. The van der Waals surface area contributed by atoms with Crippen molar-refractivity contribution in [3.63, 3.8) is 0 Å². The number of rotatable bonds is 36. The third-order valence-electron chi connectivity index (χ3n) is 16.3. The van der Waals surface area contributed by atoms with Gasteiger partial charge >= 0.3 is 35.8 Å². The minimum Gasteiger partial charge on any atom is -0.497 e. The number of likely N-dealkylation sites (N-methyl/N-ethyl adjacent to an activating group) is 3. The van der Waals surface area contributed by atoms with E-state index in [0.717, 1.165) is 89.7 Å². The minimum absolute atomic E-state index is 0.112. The summed E-state index contributed by atoms with van der Waals surface area (Å²) in [6.45, 7) is 2.01. The smallest absolute Gasteiger partial charge is 0.338 e. The zero-order chi connectivity index (χ0) is 75.6. The van der Waals surface area contributed by atoms with E-state index in [1.165, 1.54) is 89.5 Å². The lowest BCUT2D eigenvalue weighted by atomic mass is 10.0. The van der Waals surface area contributed by atoms with Crippen molar-refractivity contribution >= 4 is 35.8 Å². The first-order valence-corrected chi connectivity index (χ1v) is 34.1. The van der Waals surface area contributed by atoms with Crippen LogP contribution in [0.4, 0.5) is 0 Å². The first-order chi connectivity index (χ1) is 50.6. The van der Waals surface area contributed by atoms with Crippen molar-refractivity contribution < 1.29 is 86.7 Å². The fraction of sp³-hybridized carbons (Fsp3) is 0.286. The average Bonchev–Trinajstić information content (AvgIpc) is 0.874. The summed E-state index contributed by atoms with van der Waals surface area (Å²) in [5.74, 6) is 0.0502. The van der Waals surface area contributed by atoms with Gasteiger partial charge in [0.15, 0.2) is 0 Å². The Hall–Kier alpha value is -11.5. The molecule has 0 amide bonds. The second kappa shape index (κ2) is 42.2. The van der Waals surface area contributed by atoms with Crippen molar-refractivity contribution in [3.8, 4) is 34.5 Å². The van der Waals surface area contributed by atoms with Crippen LogP contribution in [-0.4, -0.2) is 187 Å². The number of hydrogen-bond donors (Lipinski definition) is 3. The topological polar surface area (TPSA) is 256 Å². The molecule has 2 unspecified atom stereocenters. The maximum Gasteiger partial charge on any atom is 0.338 e. The largest absolute Gasteiger partial charge is 0.497 e. The molecule has 0 bridgehead atoms. The van der Waals surface area contributed by atoms with Gasteiger partial charge in [-0.1, -0.05) is 91.0 Å². The van der Waals surface area contributed by atoms with Crippen molar-refractivity contribution in [2.24, 2.45) is 0 Å². The highest BCUT2D eigenvalue weighted by Crippen LogP contribution is 2.26. The van der Waals surface area contributed by atoms with E-state index in [2.05, 4.69) is 36.4 Å². The molecule has 0 saturated carbocycles. The number of benzene rings is 9. The molecule has 3 atom stereocenters. The average molecular weight is 1430 g/mol. The molecule has 3 N–H and O–H groups in total. The van der Waals surface area contributed by atoms with Gasteiger partial charge in [-0.25, -0.2) is 28.8 Å². The molecule has 0 radical (unpaired) electrons. The zero-order valence-electron chi connectivity index (χ0n) is 60.8. The number of esters is 3. The molecule has 9 rings (SSSR count). The van der Waals surface area contributed by atoms with Crippen LogP contribution in [0.1, 0.15) is 95.5 Å². The summed E-state index contributed by atoms with van der Waals surface area (Å²) in [7, 11) is 16.3. The van der Waals surface area contributed by atoms with Crippen LogP contribution in [0.5, 0.6) is 34.5 Å². The Bertz CT molecular complexity index is 3760. The van der Waals surface area contributed by atoms with Crippen LogP contribution in [-0.2, 0) is 52.7 Å². The number of aromatic carboxylic acids is 3. The molecule has 105 heavy (non-hydrogen) atoms. The predicted octanol–water partition coefficient (Wildman–Crippen LogP) is 13.0. The van der Waals surface area contributed by atoms with E-state index >= 15 is 0 Å². The van der Waals surface area contributed by atoms with Gasteiger partial charge in [0.1, 0.15) is 72.6 Å². The summed E-state index contributed by atoms with van der Waals surface area (Å²) in [6.07, 6.45) is 3.44. The number of hydrogen-bond acceptors (Lipinski definition) is 18. The Balaban J connectivity index is 0.000000220. The molecule has 0 aliphatic carbocycles. The molecule has 21 nitrogen and oxygen atoms in total. The molecule has 9 aromatic rings. The van der Waals surface area contributed by atoms with E-state index in [4.69, 9.17) is 58.0 Å². The normalized spacial score (nSPS) is 11.7. The van der Waals surface area contributed by atoms with Gasteiger partial charge in [0.05, 0.1) is 54.7 Å². The lowest BCUT2D eigenvalue weighted by Gasteiger charge is -2.22. The number of para-hydroxylation sites is 3. The standard InChI is InChI=1S/3C28H31NO6/c3*1-29(2)18-25(35-28(32)23-14-12-22(13-15-23)27(30)31)19-34-26-7-5-4-6-21(26)11-8-20-9-16-24(33-3)17-10-20/h3*4-7,9-10,12-17,25H,8,11,18-19H2,1-3H3,(H,30,31)/t25-;;/m0../s1. The highest BCUT2D eigenvalue weighted by Gasteiger charge is 2.23. The highest BCUT2D eigenvalue weighted by molar-refractivity contribution is 5.94. The van der Waals surface area contributed by atoms with E-state index in [-0.39, 0.29) is 36.5 Å². The van der Waals surface area contributed by atoms with Gasteiger partial charge in [0.25, 0.3) is 0 Å². The number of aryl methyl sites for hydroxylation is 6. The van der Waals surface area contributed by atoms with E-state index in [1.54, 1.807) is 21.3 Å². The van der Waals surface area contributed by atoms with Gasteiger partial charge < -0.3 is 72.7 Å². The van der Waals surface area contributed by atoms with Gasteiger partial charge in [-0.15, -0.1) is 0 Å². The Kier molecular flexibility index (Phi) is 32.4. The number of methoxy groups -OCH3 is 3. The Labute approximate surface area is 614 Å². The maximum absolute atomic E-state index is 12.6. The second-order valence-electron chi connectivity index (χ2n) is 25.3. The van der Waals surface area contributed by atoms with Gasteiger partial charge in [-0.2, -0.15) is 0 Å². The number of carbonyl (C=O) groups excluding carboxylic acids is 3. The van der Waals surface area contributed by atoms with Crippen LogP contribution in [0.2, 0.25) is 0 Å². The second-order valence-corrected chi connectivity index (χ2v) is 25.3. The number of nitrogens with zero attached hydrogens (tertiary/aromatic N) is 3. The minimum atomic E-state index is -1.05. The van der Waals surface area contributed by atoms with E-state index < -0.39 is 54.1 Å². The SMILES string of the molecule is COc1ccc(CCc2ccccc2OCC(CN(C)C)OC(=O)c2ccc(C(=O)O)cc2)cc1.COc1ccc(CCc2ccccc2OCC(CN(C)C)OC(=O)c2ccc(C(=O)O)cc2)cc1.COc1ccc(CCc2ccccc2OC[C@H](CN(C)C)OC(=O)c2ccc(C(=O)O)cc2)cc1. The Morgan fingerprint density at radius 2 is 0.514 bits per heavy atom. The van der Waals surface area contributed by atoms with Crippen LogP contribution in [0.25, 0.3) is 0 Å². The van der Waals surface area contributed by atoms with Crippen LogP contribution in [0, 0.1) is 0 Å². The van der Waals surface area contributed by atoms with E-state index in [0.29, 0.717) is 36.3 Å². The molecule has 0 aliphatic heterocycles. The summed E-state index contributed by atoms with van der Waals surface area (Å²) >= 11 is 0. The van der Waals surface area contributed by atoms with Crippen LogP contribution >= 0.6 is 0 Å². The molecule has 0 fully saturated rings. The van der Waals surface area contributed by atoms with Crippen molar-refractivity contribution in [3.05, 3.63) is 285 Å². The monoisotopic (exact) mass is 1430 g/mol. The number of ether oxygens (including phenoxy) is 9. The lowest BCUT2D eigenvalue weighted by molar-refractivity contribution is 0.00958. The van der Waals surface area contributed by atoms with Crippen LogP contribution in [0.3, 0.4) is 0 Å². The Morgan fingerprint density at radius 1 is 0.295 bits per heavy atom. The third-order valence-corrected chi connectivity index (χ3v) is 16.3. The maximum atomic E-state index is 12.6. The fourth-order valence-electron chi connectivity index (χ4n) is 10.8. The molecular weight excluding hydrogens is 1340 g/mol. The molecule has 9 aromatic carbocycles. The molecule has 0 saturated heterocycles. The molecule has 552 valence electrons. The molecule has 21 heteroatoms. The van der Waals surface area contributed by atoms with Gasteiger partial charge in [-0.05, 0) is 242 Å². The quantitative estimate of drug-likeness (QED) is 0.0244. The van der Waals surface area contributed by atoms with Crippen molar-refractivity contribution in [2.45, 2.75) is 56.8 Å². The first-order valence-electron chi connectivity index (χ1n) is 34.1. The molecule has 0 spiro atoms. The molecule has 0 aliphatic rings. The van der Waals surface area contributed by atoms with Gasteiger partial charge in [0, 0.05) is 19.6 Å². The van der Waals surface area contributed by atoms with E-state index in [9.17, 15) is 28.8 Å². The van der Waals surface area contributed by atoms with E-state index in [1.807, 2.05) is 166 Å². The summed E-state index contributed by atoms with van der Waals surface area (Å²) < 4.78 is 51.1. The fourth-order valence-corrected chi connectivity index (χ4v) is 10.8. The lowest BCUT2D eigenvalue weighted by Crippen LogP contribution is -2.35. The number of carboxylic acids is 3. The molecule has 0 aromatic heterocycles. The van der Waals surface area contributed by atoms with Gasteiger partial charge in [-0.3, -0.25) is 0 Å². The van der Waals surface area contributed by atoms with Crippen molar-refractivity contribution in [1.29, 1.82) is 0 Å². The van der Waals surface area contributed by atoms with Crippen molar-refractivity contribution in [2.75, 3.05) is 103 Å². The molecule has 0 heterocycles. The third kappa shape index (κ3) is 27.6. The van der Waals surface area contributed by atoms with Crippen molar-refractivity contribution in [1.82, 2.24) is 14.7 Å². The highest BCUT2D eigenvalue weighted by atomic mass is 16.6. The van der Waals surface area contributed by atoms with Crippen LogP contribution < -0.4 is 28.4 Å². The number of carbonyl (C=O) groups is 6. The van der Waals surface area contributed by atoms with Crippen LogP contribution in [0.15, 0.2) is 218 Å². The Morgan fingerprint density at radius 3 is 0.724 bits per heavy atom. The summed E-state index contributed by atoms with van der Waals surface area (Å²) in [5.41, 5.74) is 8.03. The predicted molar refractivity (Wildman–Crippen MR) is 400 cm³/mol.